The molecule has 7 nitrogen and oxygen atoms in total. The molecule has 2 rings (SSSR count). The van der Waals surface area contributed by atoms with Crippen molar-refractivity contribution in [2.24, 2.45) is 0 Å². The molecular weight excluding hydrogens is 366 g/mol. The Hall–Kier alpha value is -2.32. The van der Waals surface area contributed by atoms with E-state index in [4.69, 9.17) is 16.3 Å². The molecule has 1 amide bonds. The number of aromatic nitrogens is 1. The molecule has 0 atom stereocenters. The molecule has 0 spiro atoms. The van der Waals surface area contributed by atoms with Crippen molar-refractivity contribution in [1.82, 2.24) is 10.3 Å². The first-order valence-electron chi connectivity index (χ1n) is 7.32. The molecule has 0 aliphatic heterocycles. The molecule has 0 radical (unpaired) electrons. The topological polar surface area (TPSA) is 88.6 Å². The van der Waals surface area contributed by atoms with E-state index in [1.54, 1.807) is 30.5 Å². The van der Waals surface area contributed by atoms with Crippen LogP contribution in [0.2, 0.25) is 5.02 Å². The van der Waals surface area contributed by atoms with E-state index in [2.05, 4.69) is 10.3 Å². The summed E-state index contributed by atoms with van der Waals surface area (Å²) in [6.07, 6.45) is 4.08. The SMILES string of the molecule is COc1ccc(Cl)cc1N(CCNC(=O)c1cccnc1)S(C)(=O)=O. The molecule has 9 heteroatoms. The average Bonchev–Trinajstić information content (AvgIpc) is 2.58. The van der Waals surface area contributed by atoms with Crippen LogP contribution in [0.5, 0.6) is 5.75 Å². The summed E-state index contributed by atoms with van der Waals surface area (Å²) in [6.45, 7) is 0.137. The highest BCUT2D eigenvalue weighted by Crippen LogP contribution is 2.32. The molecule has 2 aromatic rings. The number of hydrogen-bond donors (Lipinski definition) is 1. The van der Waals surface area contributed by atoms with Crippen LogP contribution < -0.4 is 14.4 Å². The minimum absolute atomic E-state index is 0.0293. The fraction of sp³-hybridized carbons (Fsp3) is 0.250. The Bertz CT molecular complexity index is 844. The molecule has 0 unspecified atom stereocenters. The Balaban J connectivity index is 2.15. The number of carbonyl (C=O) groups is 1. The van der Waals surface area contributed by atoms with Gasteiger partial charge < -0.3 is 10.1 Å². The number of nitrogens with one attached hydrogen (secondary N) is 1. The van der Waals surface area contributed by atoms with Crippen molar-refractivity contribution in [3.05, 3.63) is 53.3 Å². The lowest BCUT2D eigenvalue weighted by Crippen LogP contribution is -2.38. The number of anilines is 1. The lowest BCUT2D eigenvalue weighted by atomic mass is 10.2. The summed E-state index contributed by atoms with van der Waals surface area (Å²) < 4.78 is 30.7. The van der Waals surface area contributed by atoms with E-state index >= 15 is 0 Å². The van der Waals surface area contributed by atoms with E-state index in [9.17, 15) is 13.2 Å². The van der Waals surface area contributed by atoms with Crippen molar-refractivity contribution < 1.29 is 17.9 Å². The second kappa shape index (κ2) is 8.17. The van der Waals surface area contributed by atoms with Crippen molar-refractivity contribution >= 4 is 33.2 Å². The number of benzene rings is 1. The van der Waals surface area contributed by atoms with Gasteiger partial charge in [0, 0.05) is 24.0 Å². The van der Waals surface area contributed by atoms with Gasteiger partial charge in [-0.15, -0.1) is 0 Å². The van der Waals surface area contributed by atoms with Crippen molar-refractivity contribution in [2.45, 2.75) is 0 Å². The fourth-order valence-corrected chi connectivity index (χ4v) is 3.28. The van der Waals surface area contributed by atoms with Crippen LogP contribution in [0, 0.1) is 0 Å². The zero-order chi connectivity index (χ0) is 18.4. The summed E-state index contributed by atoms with van der Waals surface area (Å²) in [6, 6.07) is 7.97. The van der Waals surface area contributed by atoms with Crippen molar-refractivity contribution in [3.8, 4) is 5.75 Å². The van der Waals surface area contributed by atoms with Gasteiger partial charge in [0.2, 0.25) is 10.0 Å². The number of methoxy groups -OCH3 is 1. The second-order valence-corrected chi connectivity index (χ2v) is 7.49. The quantitative estimate of drug-likeness (QED) is 0.789. The Morgan fingerprint density at radius 2 is 2.12 bits per heavy atom. The lowest BCUT2D eigenvalue weighted by molar-refractivity contribution is 0.0954. The third kappa shape index (κ3) is 5.07. The number of halogens is 1. The molecular formula is C16H18ClN3O4S. The molecule has 1 aromatic carbocycles. The first kappa shape index (κ1) is 19.0. The first-order valence-corrected chi connectivity index (χ1v) is 9.55. The monoisotopic (exact) mass is 383 g/mol. The highest BCUT2D eigenvalue weighted by atomic mass is 35.5. The Morgan fingerprint density at radius 3 is 2.72 bits per heavy atom. The highest BCUT2D eigenvalue weighted by molar-refractivity contribution is 7.92. The van der Waals surface area contributed by atoms with Crippen molar-refractivity contribution in [1.29, 1.82) is 0 Å². The fourth-order valence-electron chi connectivity index (χ4n) is 2.19. The standard InChI is InChI=1S/C16H18ClN3O4S/c1-24-15-6-5-13(17)10-14(15)20(25(2,22)23)9-8-19-16(21)12-4-3-7-18-11-12/h3-7,10-11H,8-9H2,1-2H3,(H,19,21). The third-order valence-corrected chi connectivity index (χ3v) is 4.75. The molecule has 1 heterocycles. The van der Waals surface area contributed by atoms with Crippen LogP contribution in [0.4, 0.5) is 5.69 Å². The molecule has 134 valence electrons. The number of hydrogen-bond acceptors (Lipinski definition) is 5. The van der Waals surface area contributed by atoms with Gasteiger partial charge in [0.05, 0.1) is 31.2 Å². The lowest BCUT2D eigenvalue weighted by Gasteiger charge is -2.24. The van der Waals surface area contributed by atoms with Crippen LogP contribution in [-0.2, 0) is 10.0 Å². The van der Waals surface area contributed by atoms with Crippen LogP contribution in [0.3, 0.4) is 0 Å². The summed E-state index contributed by atoms with van der Waals surface area (Å²) in [5, 5.41) is 3.04. The number of ether oxygens (including phenoxy) is 1. The molecule has 0 saturated heterocycles. The molecule has 0 fully saturated rings. The van der Waals surface area contributed by atoms with Crippen LogP contribution in [0.25, 0.3) is 0 Å². The van der Waals surface area contributed by atoms with Crippen LogP contribution in [-0.4, -0.2) is 45.8 Å². The number of rotatable bonds is 7. The van der Waals surface area contributed by atoms with Gasteiger partial charge in [-0.2, -0.15) is 0 Å². The maximum atomic E-state index is 12.2. The summed E-state index contributed by atoms with van der Waals surface area (Å²) >= 11 is 5.98. The number of sulfonamides is 1. The minimum Gasteiger partial charge on any atom is -0.495 e. The Morgan fingerprint density at radius 1 is 1.36 bits per heavy atom. The Kier molecular flexibility index (Phi) is 6.22. The number of amides is 1. The predicted molar refractivity (Wildman–Crippen MR) is 96.8 cm³/mol. The summed E-state index contributed by atoms with van der Waals surface area (Å²) in [5.74, 6) is 0.0352. The molecule has 1 aromatic heterocycles. The zero-order valence-corrected chi connectivity index (χ0v) is 15.3. The van der Waals surface area contributed by atoms with Crippen LogP contribution in [0.1, 0.15) is 10.4 Å². The smallest absolute Gasteiger partial charge is 0.252 e. The van der Waals surface area contributed by atoms with Gasteiger partial charge in [-0.05, 0) is 30.3 Å². The second-order valence-electron chi connectivity index (χ2n) is 5.15. The summed E-state index contributed by atoms with van der Waals surface area (Å²) in [7, 11) is -2.16. The maximum absolute atomic E-state index is 12.2. The first-order chi connectivity index (χ1) is 11.8. The van der Waals surface area contributed by atoms with E-state index in [1.165, 1.54) is 19.4 Å². The minimum atomic E-state index is -3.60. The van der Waals surface area contributed by atoms with Gasteiger partial charge in [-0.1, -0.05) is 11.6 Å². The van der Waals surface area contributed by atoms with Crippen molar-refractivity contribution in [2.75, 3.05) is 30.8 Å². The number of pyridine rings is 1. The van der Waals surface area contributed by atoms with Crippen LogP contribution >= 0.6 is 11.6 Å². The molecule has 0 aliphatic rings. The molecule has 25 heavy (non-hydrogen) atoms. The molecule has 0 aliphatic carbocycles. The predicted octanol–water partition coefficient (Wildman–Crippen LogP) is 1.94. The third-order valence-electron chi connectivity index (χ3n) is 3.33. The summed E-state index contributed by atoms with van der Waals surface area (Å²) in [5.41, 5.74) is 0.710. The van der Waals surface area contributed by atoms with Gasteiger partial charge in [-0.3, -0.25) is 14.1 Å². The van der Waals surface area contributed by atoms with E-state index in [-0.39, 0.29) is 19.0 Å². The van der Waals surface area contributed by atoms with Gasteiger partial charge >= 0.3 is 0 Å². The highest BCUT2D eigenvalue weighted by Gasteiger charge is 2.21. The normalized spacial score (nSPS) is 11.0. The zero-order valence-electron chi connectivity index (χ0n) is 13.8. The van der Waals surface area contributed by atoms with Crippen molar-refractivity contribution in [3.63, 3.8) is 0 Å². The van der Waals surface area contributed by atoms with Gasteiger partial charge in [0.1, 0.15) is 5.75 Å². The van der Waals surface area contributed by atoms with E-state index in [0.717, 1.165) is 10.6 Å². The summed E-state index contributed by atoms with van der Waals surface area (Å²) in [4.78, 5) is 15.9. The maximum Gasteiger partial charge on any atom is 0.252 e. The molecule has 0 bridgehead atoms. The average molecular weight is 384 g/mol. The van der Waals surface area contributed by atoms with E-state index in [1.807, 2.05) is 0 Å². The van der Waals surface area contributed by atoms with Gasteiger partial charge in [0.15, 0.2) is 0 Å². The van der Waals surface area contributed by atoms with E-state index < -0.39 is 10.0 Å². The van der Waals surface area contributed by atoms with Crippen LogP contribution in [0.15, 0.2) is 42.7 Å². The number of carbonyl (C=O) groups excluding carboxylic acids is 1. The largest absolute Gasteiger partial charge is 0.495 e. The molecule has 0 saturated carbocycles. The van der Waals surface area contributed by atoms with Gasteiger partial charge in [0.25, 0.3) is 5.91 Å². The van der Waals surface area contributed by atoms with E-state index in [0.29, 0.717) is 22.0 Å². The Labute approximate surface area is 151 Å². The number of nitrogens with zero attached hydrogens (tertiary/aromatic N) is 2. The molecule has 1 N–H and O–H groups in total. The van der Waals surface area contributed by atoms with Gasteiger partial charge in [-0.25, -0.2) is 8.42 Å².